The van der Waals surface area contributed by atoms with Crippen LogP contribution < -0.4 is 19.1 Å². The Kier molecular flexibility index (Phi) is 5.32. The first kappa shape index (κ1) is 18.5. The second-order valence-corrected chi connectivity index (χ2v) is 7.24. The molecule has 0 saturated carbocycles. The second kappa shape index (κ2) is 7.50. The highest BCUT2D eigenvalue weighted by atomic mass is 32.2. The molecule has 1 saturated heterocycles. The number of aryl methyl sites for hydroxylation is 2. The van der Waals surface area contributed by atoms with E-state index in [9.17, 15) is 4.79 Å². The fourth-order valence-corrected chi connectivity index (χ4v) is 4.40. The van der Waals surface area contributed by atoms with Gasteiger partial charge in [0.25, 0.3) is 0 Å². The van der Waals surface area contributed by atoms with E-state index in [2.05, 4.69) is 6.07 Å². The number of hydrogen-bond donors (Lipinski definition) is 0. The van der Waals surface area contributed by atoms with Gasteiger partial charge in [-0.05, 0) is 43.2 Å². The Hall–Kier alpha value is -2.34. The number of nitrogens with zero attached hydrogens (tertiary/aromatic N) is 1. The number of hydrogen-bond acceptors (Lipinski definition) is 5. The molecule has 1 aliphatic heterocycles. The quantitative estimate of drug-likeness (QED) is 0.789. The van der Waals surface area contributed by atoms with Gasteiger partial charge in [-0.15, -0.1) is 11.8 Å². The van der Waals surface area contributed by atoms with Crippen molar-refractivity contribution in [2.45, 2.75) is 19.2 Å². The molecule has 1 amide bonds. The first-order valence-electron chi connectivity index (χ1n) is 8.31. The first-order valence-corrected chi connectivity index (χ1v) is 9.35. The van der Waals surface area contributed by atoms with Crippen LogP contribution in [0, 0.1) is 13.8 Å². The van der Waals surface area contributed by atoms with Gasteiger partial charge in [0.2, 0.25) is 11.7 Å². The molecular weight excluding hydrogens is 350 g/mol. The van der Waals surface area contributed by atoms with E-state index in [0.29, 0.717) is 23.0 Å². The summed E-state index contributed by atoms with van der Waals surface area (Å²) in [5.74, 6) is 2.26. The molecule has 5 nitrogen and oxygen atoms in total. The minimum Gasteiger partial charge on any atom is -0.493 e. The minimum atomic E-state index is -0.141. The molecule has 0 unspecified atom stereocenters. The van der Waals surface area contributed by atoms with Crippen molar-refractivity contribution in [1.29, 1.82) is 0 Å². The summed E-state index contributed by atoms with van der Waals surface area (Å²) in [4.78, 5) is 14.5. The highest BCUT2D eigenvalue weighted by Gasteiger charge is 2.36. The molecule has 0 aromatic heterocycles. The monoisotopic (exact) mass is 373 g/mol. The molecular formula is C20H23NO4S. The molecule has 26 heavy (non-hydrogen) atoms. The number of amides is 1. The Morgan fingerprint density at radius 2 is 1.65 bits per heavy atom. The second-order valence-electron chi connectivity index (χ2n) is 6.18. The van der Waals surface area contributed by atoms with Crippen molar-refractivity contribution in [2.24, 2.45) is 0 Å². The molecule has 1 heterocycles. The summed E-state index contributed by atoms with van der Waals surface area (Å²) in [5.41, 5.74) is 4.13. The number of carbonyl (C=O) groups is 1. The molecule has 0 N–H and O–H groups in total. The normalized spacial score (nSPS) is 16.7. The first-order chi connectivity index (χ1) is 12.5. The van der Waals surface area contributed by atoms with Gasteiger partial charge in [0.1, 0.15) is 5.37 Å². The summed E-state index contributed by atoms with van der Waals surface area (Å²) in [7, 11) is 4.77. The number of ether oxygens (including phenoxy) is 3. The molecule has 6 heteroatoms. The van der Waals surface area contributed by atoms with Gasteiger partial charge in [0.15, 0.2) is 11.5 Å². The van der Waals surface area contributed by atoms with Crippen LogP contribution in [-0.4, -0.2) is 33.0 Å². The number of methoxy groups -OCH3 is 3. The zero-order valence-electron chi connectivity index (χ0n) is 15.7. The van der Waals surface area contributed by atoms with Crippen LogP contribution in [0.1, 0.15) is 22.1 Å². The average molecular weight is 373 g/mol. The largest absolute Gasteiger partial charge is 0.493 e. The minimum absolute atomic E-state index is 0.0979. The third-order valence-electron chi connectivity index (χ3n) is 4.45. The smallest absolute Gasteiger partial charge is 0.238 e. The maximum atomic E-state index is 12.6. The van der Waals surface area contributed by atoms with Crippen LogP contribution in [0.5, 0.6) is 17.2 Å². The van der Waals surface area contributed by atoms with Crippen LogP contribution >= 0.6 is 11.8 Å². The average Bonchev–Trinajstić information content (AvgIpc) is 3.01. The fourth-order valence-electron chi connectivity index (χ4n) is 3.25. The van der Waals surface area contributed by atoms with Gasteiger partial charge in [-0.25, -0.2) is 0 Å². The SMILES string of the molecule is COc1cc([C@H]2SCC(=O)N2c2ccc(C)cc2C)cc(OC)c1OC. The Balaban J connectivity index is 2.08. The molecule has 0 bridgehead atoms. The standard InChI is InChI=1S/C20H23NO4S/c1-12-6-7-15(13(2)8-12)21-18(22)11-26-20(21)14-9-16(23-3)19(25-5)17(10-14)24-4/h6-10,20H,11H2,1-5H3/t20-/m1/s1. The molecule has 1 fully saturated rings. The third-order valence-corrected chi connectivity index (χ3v) is 5.66. The van der Waals surface area contributed by atoms with E-state index in [4.69, 9.17) is 14.2 Å². The molecule has 0 spiro atoms. The van der Waals surface area contributed by atoms with Crippen LogP contribution in [0.15, 0.2) is 30.3 Å². The molecule has 3 rings (SSSR count). The molecule has 2 aromatic carbocycles. The van der Waals surface area contributed by atoms with Gasteiger partial charge in [0.05, 0.1) is 27.1 Å². The van der Waals surface area contributed by atoms with Gasteiger partial charge in [-0.3, -0.25) is 9.69 Å². The topological polar surface area (TPSA) is 48.0 Å². The van der Waals surface area contributed by atoms with E-state index >= 15 is 0 Å². The van der Waals surface area contributed by atoms with Gasteiger partial charge in [-0.1, -0.05) is 17.7 Å². The van der Waals surface area contributed by atoms with Crippen molar-refractivity contribution < 1.29 is 19.0 Å². The molecule has 1 aliphatic rings. The Morgan fingerprint density at radius 1 is 1.00 bits per heavy atom. The number of benzene rings is 2. The van der Waals surface area contributed by atoms with Crippen LogP contribution in [0.25, 0.3) is 0 Å². The zero-order chi connectivity index (χ0) is 18.8. The predicted molar refractivity (Wildman–Crippen MR) is 105 cm³/mol. The lowest BCUT2D eigenvalue weighted by molar-refractivity contribution is -0.115. The van der Waals surface area contributed by atoms with Gasteiger partial charge < -0.3 is 14.2 Å². The van der Waals surface area contributed by atoms with Crippen LogP contribution in [-0.2, 0) is 4.79 Å². The molecule has 138 valence electrons. The lowest BCUT2D eigenvalue weighted by atomic mass is 10.1. The van der Waals surface area contributed by atoms with Crippen molar-refractivity contribution >= 4 is 23.4 Å². The van der Waals surface area contributed by atoms with Crippen LogP contribution in [0.4, 0.5) is 5.69 Å². The summed E-state index contributed by atoms with van der Waals surface area (Å²) in [5, 5.41) is -0.141. The Bertz CT molecular complexity index is 812. The number of carbonyl (C=O) groups excluding carboxylic acids is 1. The maximum Gasteiger partial charge on any atom is 0.238 e. The van der Waals surface area contributed by atoms with Crippen molar-refractivity contribution in [3.05, 3.63) is 47.0 Å². The molecule has 1 atom stereocenters. The number of thioether (sulfide) groups is 1. The summed E-state index contributed by atoms with van der Waals surface area (Å²) < 4.78 is 16.3. The zero-order valence-corrected chi connectivity index (χ0v) is 16.5. The van der Waals surface area contributed by atoms with E-state index in [1.165, 1.54) is 5.56 Å². The Labute approximate surface area is 158 Å². The predicted octanol–water partition coefficient (Wildman–Crippen LogP) is 4.11. The Morgan fingerprint density at radius 3 is 2.19 bits per heavy atom. The fraction of sp³-hybridized carbons (Fsp3) is 0.350. The van der Waals surface area contributed by atoms with Gasteiger partial charge in [-0.2, -0.15) is 0 Å². The summed E-state index contributed by atoms with van der Waals surface area (Å²) in [6, 6.07) is 9.96. The summed E-state index contributed by atoms with van der Waals surface area (Å²) in [6.45, 7) is 4.08. The van der Waals surface area contributed by atoms with Gasteiger partial charge in [0, 0.05) is 5.69 Å². The lowest BCUT2D eigenvalue weighted by Gasteiger charge is -2.27. The number of rotatable bonds is 5. The summed E-state index contributed by atoms with van der Waals surface area (Å²) >= 11 is 1.60. The van der Waals surface area contributed by atoms with E-state index in [0.717, 1.165) is 16.8 Å². The third kappa shape index (κ3) is 3.21. The van der Waals surface area contributed by atoms with Crippen molar-refractivity contribution in [1.82, 2.24) is 0 Å². The maximum absolute atomic E-state index is 12.6. The van der Waals surface area contributed by atoms with Gasteiger partial charge >= 0.3 is 0 Å². The molecule has 2 aromatic rings. The lowest BCUT2D eigenvalue weighted by Crippen LogP contribution is -2.28. The van der Waals surface area contributed by atoms with Crippen LogP contribution in [0.3, 0.4) is 0 Å². The number of anilines is 1. The van der Waals surface area contributed by atoms with Crippen molar-refractivity contribution in [3.63, 3.8) is 0 Å². The van der Waals surface area contributed by atoms with E-state index in [1.807, 2.05) is 43.0 Å². The van der Waals surface area contributed by atoms with Crippen molar-refractivity contribution in [3.8, 4) is 17.2 Å². The molecule has 0 aliphatic carbocycles. The van der Waals surface area contributed by atoms with E-state index in [1.54, 1.807) is 33.1 Å². The van der Waals surface area contributed by atoms with Crippen molar-refractivity contribution in [2.75, 3.05) is 32.0 Å². The van der Waals surface area contributed by atoms with Crippen LogP contribution in [0.2, 0.25) is 0 Å². The van der Waals surface area contributed by atoms with E-state index in [-0.39, 0.29) is 11.3 Å². The highest BCUT2D eigenvalue weighted by Crippen LogP contribution is 2.47. The van der Waals surface area contributed by atoms with E-state index < -0.39 is 0 Å². The highest BCUT2D eigenvalue weighted by molar-refractivity contribution is 8.00. The summed E-state index contributed by atoms with van der Waals surface area (Å²) in [6.07, 6.45) is 0. The molecule has 0 radical (unpaired) electrons.